The molecule has 1 aromatic rings. The maximum atomic E-state index is 12.2. The van der Waals surface area contributed by atoms with Crippen molar-refractivity contribution in [3.63, 3.8) is 0 Å². The highest BCUT2D eigenvalue weighted by molar-refractivity contribution is 6.33. The van der Waals surface area contributed by atoms with Crippen molar-refractivity contribution in [1.29, 1.82) is 0 Å². The number of aromatic nitrogens is 2. The number of nitrogens with zero attached hydrogens (tertiary/aromatic N) is 3. The molecule has 0 radical (unpaired) electrons. The van der Waals surface area contributed by atoms with Crippen LogP contribution in [0, 0.1) is 0 Å². The summed E-state index contributed by atoms with van der Waals surface area (Å²) in [6.45, 7) is 8.71. The van der Waals surface area contributed by atoms with Crippen molar-refractivity contribution < 1.29 is 0 Å². The minimum absolute atomic E-state index is 0.0184. The van der Waals surface area contributed by atoms with Crippen LogP contribution in [0.3, 0.4) is 0 Å². The van der Waals surface area contributed by atoms with Crippen LogP contribution in [0.25, 0.3) is 0 Å². The number of piperidine rings is 1. The Bertz CT molecular complexity index is 512. The fourth-order valence-electron chi connectivity index (χ4n) is 2.68. The van der Waals surface area contributed by atoms with Crippen molar-refractivity contribution in [2.24, 2.45) is 0 Å². The molecule has 0 aliphatic carbocycles. The van der Waals surface area contributed by atoms with Gasteiger partial charge < -0.3 is 10.2 Å². The van der Waals surface area contributed by atoms with Gasteiger partial charge in [0.1, 0.15) is 5.02 Å². The Morgan fingerprint density at radius 2 is 2.30 bits per heavy atom. The largest absolute Gasteiger partial charge is 0.367 e. The van der Waals surface area contributed by atoms with E-state index >= 15 is 0 Å². The molecule has 1 aliphatic rings. The fourth-order valence-corrected chi connectivity index (χ4v) is 2.93. The quantitative estimate of drug-likeness (QED) is 0.924. The molecule has 0 saturated carbocycles. The van der Waals surface area contributed by atoms with E-state index in [2.05, 4.69) is 22.2 Å². The normalized spacial score (nSPS) is 19.6. The predicted octanol–water partition coefficient (Wildman–Crippen LogP) is 2.06. The lowest BCUT2D eigenvalue weighted by Crippen LogP contribution is -2.46. The van der Waals surface area contributed by atoms with Gasteiger partial charge in [-0.25, -0.2) is 4.68 Å². The second-order valence-corrected chi connectivity index (χ2v) is 5.91. The summed E-state index contributed by atoms with van der Waals surface area (Å²) >= 11 is 6.27. The van der Waals surface area contributed by atoms with Gasteiger partial charge in [-0.3, -0.25) is 4.79 Å². The summed E-state index contributed by atoms with van der Waals surface area (Å²) < 4.78 is 1.43. The minimum atomic E-state index is -0.204. The molecule has 2 rings (SSSR count). The fraction of sp³-hybridized carbons (Fsp3) is 0.714. The van der Waals surface area contributed by atoms with Crippen molar-refractivity contribution in [2.75, 3.05) is 24.5 Å². The van der Waals surface area contributed by atoms with Gasteiger partial charge in [-0.1, -0.05) is 18.5 Å². The first-order valence-corrected chi connectivity index (χ1v) is 7.68. The Labute approximate surface area is 124 Å². The number of anilines is 1. The van der Waals surface area contributed by atoms with Crippen molar-refractivity contribution in [1.82, 2.24) is 15.1 Å². The lowest BCUT2D eigenvalue weighted by atomic mass is 10.1. The van der Waals surface area contributed by atoms with Crippen LogP contribution in [-0.4, -0.2) is 35.5 Å². The highest BCUT2D eigenvalue weighted by atomic mass is 35.5. The molecule has 0 amide bonds. The van der Waals surface area contributed by atoms with Crippen molar-refractivity contribution in [3.05, 3.63) is 21.6 Å². The summed E-state index contributed by atoms with van der Waals surface area (Å²) in [6, 6.07) is 0.474. The Balaban J connectivity index is 2.25. The molecule has 1 unspecified atom stereocenters. The molecule has 0 bridgehead atoms. The van der Waals surface area contributed by atoms with Crippen molar-refractivity contribution >= 4 is 17.3 Å². The highest BCUT2D eigenvalue weighted by Crippen LogP contribution is 2.25. The monoisotopic (exact) mass is 298 g/mol. The second kappa shape index (κ2) is 6.59. The lowest BCUT2D eigenvalue weighted by Gasteiger charge is -2.35. The van der Waals surface area contributed by atoms with Crippen LogP contribution in [0.15, 0.2) is 11.0 Å². The highest BCUT2D eigenvalue weighted by Gasteiger charge is 2.23. The third-order valence-corrected chi connectivity index (χ3v) is 4.02. The summed E-state index contributed by atoms with van der Waals surface area (Å²) in [4.78, 5) is 14.4. The Morgan fingerprint density at radius 3 is 2.95 bits per heavy atom. The zero-order chi connectivity index (χ0) is 14.7. The van der Waals surface area contributed by atoms with Crippen LogP contribution >= 0.6 is 11.6 Å². The van der Waals surface area contributed by atoms with E-state index in [1.54, 1.807) is 6.20 Å². The summed E-state index contributed by atoms with van der Waals surface area (Å²) in [7, 11) is 0. The lowest BCUT2D eigenvalue weighted by molar-refractivity contribution is 0.429. The first kappa shape index (κ1) is 15.3. The van der Waals surface area contributed by atoms with Crippen LogP contribution in [0.5, 0.6) is 0 Å². The molecule has 6 heteroatoms. The topological polar surface area (TPSA) is 50.2 Å². The Morgan fingerprint density at radius 1 is 1.55 bits per heavy atom. The number of rotatable bonds is 4. The van der Waals surface area contributed by atoms with Crippen LogP contribution in [-0.2, 0) is 0 Å². The molecule has 1 saturated heterocycles. The van der Waals surface area contributed by atoms with E-state index in [1.807, 2.05) is 13.8 Å². The standard InChI is InChI=1S/C14H23ClN4O/c1-4-16-11-6-5-7-18(9-11)12-8-17-19(10(2)3)14(20)13(12)15/h8,10-11,16H,4-7,9H2,1-3H3. The smallest absolute Gasteiger partial charge is 0.287 e. The summed E-state index contributed by atoms with van der Waals surface area (Å²) in [5.74, 6) is 0. The maximum Gasteiger partial charge on any atom is 0.287 e. The summed E-state index contributed by atoms with van der Waals surface area (Å²) in [5.41, 5.74) is 0.556. The zero-order valence-electron chi connectivity index (χ0n) is 12.4. The van der Waals surface area contributed by atoms with Gasteiger partial charge >= 0.3 is 0 Å². The maximum absolute atomic E-state index is 12.2. The van der Waals surface area contributed by atoms with Gasteiger partial charge in [0.15, 0.2) is 0 Å². The number of nitrogens with one attached hydrogen (secondary N) is 1. The number of halogens is 1. The summed E-state index contributed by atoms with van der Waals surface area (Å²) in [6.07, 6.45) is 3.98. The molecule has 1 aliphatic heterocycles. The van der Waals surface area contributed by atoms with E-state index in [9.17, 15) is 4.79 Å². The first-order valence-electron chi connectivity index (χ1n) is 7.30. The second-order valence-electron chi connectivity index (χ2n) is 5.53. The molecule has 1 N–H and O–H groups in total. The van der Waals surface area contributed by atoms with E-state index in [4.69, 9.17) is 11.6 Å². The van der Waals surface area contributed by atoms with Crippen molar-refractivity contribution in [2.45, 2.75) is 45.7 Å². The van der Waals surface area contributed by atoms with Crippen LogP contribution in [0.4, 0.5) is 5.69 Å². The first-order chi connectivity index (χ1) is 9.54. The van der Waals surface area contributed by atoms with Crippen LogP contribution in [0.2, 0.25) is 5.02 Å². The molecule has 0 spiro atoms. The summed E-state index contributed by atoms with van der Waals surface area (Å²) in [5, 5.41) is 7.99. The van der Waals surface area contributed by atoms with E-state index in [1.165, 1.54) is 11.1 Å². The molecule has 1 aromatic heterocycles. The molecule has 20 heavy (non-hydrogen) atoms. The Hall–Kier alpha value is -1.07. The van der Waals surface area contributed by atoms with E-state index in [-0.39, 0.29) is 16.6 Å². The third-order valence-electron chi connectivity index (χ3n) is 3.67. The number of hydrogen-bond donors (Lipinski definition) is 1. The molecule has 0 aromatic carbocycles. The van der Waals surface area contributed by atoms with E-state index in [0.717, 1.165) is 31.7 Å². The molecule has 1 fully saturated rings. The van der Waals surface area contributed by atoms with Gasteiger partial charge in [0.05, 0.1) is 17.9 Å². The Kier molecular flexibility index (Phi) is 5.05. The molecule has 1 atom stereocenters. The zero-order valence-corrected chi connectivity index (χ0v) is 13.2. The minimum Gasteiger partial charge on any atom is -0.367 e. The molecule has 5 nitrogen and oxygen atoms in total. The van der Waals surface area contributed by atoms with Gasteiger partial charge in [0.2, 0.25) is 0 Å². The molecular formula is C14H23ClN4O. The van der Waals surface area contributed by atoms with Crippen molar-refractivity contribution in [3.8, 4) is 0 Å². The number of hydrogen-bond acceptors (Lipinski definition) is 4. The van der Waals surface area contributed by atoms with Gasteiger partial charge in [0.25, 0.3) is 5.56 Å². The third kappa shape index (κ3) is 3.15. The molecule has 2 heterocycles. The molecular weight excluding hydrogens is 276 g/mol. The van der Waals surface area contributed by atoms with E-state index < -0.39 is 0 Å². The van der Waals surface area contributed by atoms with Gasteiger partial charge in [-0.2, -0.15) is 5.10 Å². The number of likely N-dealkylation sites (N-methyl/N-ethyl adjacent to an activating group) is 1. The predicted molar refractivity (Wildman–Crippen MR) is 82.8 cm³/mol. The van der Waals surface area contributed by atoms with Crippen LogP contribution < -0.4 is 15.8 Å². The molecule has 112 valence electrons. The van der Waals surface area contributed by atoms with E-state index in [0.29, 0.717) is 6.04 Å². The van der Waals surface area contributed by atoms with Crippen LogP contribution in [0.1, 0.15) is 39.7 Å². The van der Waals surface area contributed by atoms with Gasteiger partial charge in [-0.15, -0.1) is 0 Å². The average Bonchev–Trinajstić information content (AvgIpc) is 2.42. The van der Waals surface area contributed by atoms with Gasteiger partial charge in [0, 0.05) is 19.1 Å². The average molecular weight is 299 g/mol. The van der Waals surface area contributed by atoms with Gasteiger partial charge in [-0.05, 0) is 33.2 Å². The SMILES string of the molecule is CCNC1CCCN(c2cnn(C(C)C)c(=O)c2Cl)C1.